The number of H-pyrrole nitrogens is 1. The van der Waals surface area contributed by atoms with Gasteiger partial charge in [0, 0.05) is 41.5 Å². The van der Waals surface area contributed by atoms with Gasteiger partial charge in [0.15, 0.2) is 11.0 Å². The average Bonchev–Trinajstić information content (AvgIpc) is 3.81. The first kappa shape index (κ1) is 31.5. The highest BCUT2D eigenvalue weighted by molar-refractivity contribution is 8.13. The predicted molar refractivity (Wildman–Crippen MR) is 183 cm³/mol. The maximum Gasteiger partial charge on any atom is 0.354 e. The quantitative estimate of drug-likeness (QED) is 0.0597. The van der Waals surface area contributed by atoms with E-state index < -0.39 is 11.5 Å². The summed E-state index contributed by atoms with van der Waals surface area (Å²) in [6.07, 6.45) is 13.1. The Morgan fingerprint density at radius 1 is 1.18 bits per heavy atom. The zero-order valence-corrected chi connectivity index (χ0v) is 26.7. The van der Waals surface area contributed by atoms with Gasteiger partial charge in [0.1, 0.15) is 5.65 Å². The van der Waals surface area contributed by atoms with Crippen LogP contribution >= 0.6 is 23.4 Å². The smallest absolute Gasteiger partial charge is 0.354 e. The summed E-state index contributed by atoms with van der Waals surface area (Å²) in [5, 5.41) is 8.33. The van der Waals surface area contributed by atoms with Crippen molar-refractivity contribution in [1.82, 2.24) is 19.4 Å². The molecule has 0 amide bonds. The monoisotopic (exact) mass is 647 g/mol. The number of nitrogens with one attached hydrogen (secondary N) is 2. The van der Waals surface area contributed by atoms with Gasteiger partial charge in [0.25, 0.3) is 0 Å². The van der Waals surface area contributed by atoms with Gasteiger partial charge >= 0.3 is 5.69 Å². The summed E-state index contributed by atoms with van der Waals surface area (Å²) in [7, 11) is 0. The van der Waals surface area contributed by atoms with E-state index in [9.17, 15) is 4.79 Å². The second-order valence-electron chi connectivity index (χ2n) is 12.1. The number of aryl methyl sites for hydroxylation is 1. The van der Waals surface area contributed by atoms with Crippen LogP contribution in [-0.2, 0) is 6.42 Å². The highest BCUT2D eigenvalue weighted by atomic mass is 35.5. The van der Waals surface area contributed by atoms with Crippen molar-refractivity contribution in [1.29, 1.82) is 5.41 Å². The Bertz CT molecular complexity index is 1760. The number of hydrogen-bond donors (Lipinski definition) is 4. The van der Waals surface area contributed by atoms with Crippen LogP contribution in [0.2, 0.25) is 5.02 Å². The summed E-state index contributed by atoms with van der Waals surface area (Å²) in [5.74, 6) is 0.972. The Morgan fingerprint density at radius 3 is 2.73 bits per heavy atom. The zero-order chi connectivity index (χ0) is 31.5. The number of aromatic nitrogens is 3. The van der Waals surface area contributed by atoms with Gasteiger partial charge in [-0.1, -0.05) is 47.6 Å². The minimum atomic E-state index is -0.503. The molecule has 1 saturated carbocycles. The van der Waals surface area contributed by atoms with Gasteiger partial charge in [-0.3, -0.25) is 14.9 Å². The van der Waals surface area contributed by atoms with Crippen molar-refractivity contribution in [2.75, 3.05) is 18.8 Å². The van der Waals surface area contributed by atoms with Gasteiger partial charge in [-0.25, -0.2) is 9.18 Å². The SMILES string of the molecule is N=C(N)SCCCN1CC=CC[C@H]1c1ccc(-n2cc3cc(-c4cc(CCCC(N)C5CC5)cc(Cl)c4F)[nH]c3nc2=O)cc1. The van der Waals surface area contributed by atoms with E-state index in [4.69, 9.17) is 28.5 Å². The van der Waals surface area contributed by atoms with Crippen molar-refractivity contribution in [3.63, 3.8) is 0 Å². The third-order valence-corrected chi connectivity index (χ3v) is 9.91. The molecule has 1 aliphatic heterocycles. The van der Waals surface area contributed by atoms with Crippen LogP contribution in [0.1, 0.15) is 55.7 Å². The number of fused-ring (bicyclic) bond motifs is 1. The predicted octanol–water partition coefficient (Wildman–Crippen LogP) is 6.55. The minimum absolute atomic E-state index is 0.0715. The van der Waals surface area contributed by atoms with E-state index in [0.717, 1.165) is 56.5 Å². The van der Waals surface area contributed by atoms with Gasteiger partial charge in [0.05, 0.1) is 16.4 Å². The first-order valence-electron chi connectivity index (χ1n) is 15.6. The summed E-state index contributed by atoms with van der Waals surface area (Å²) in [5.41, 5.74) is 15.4. The molecule has 4 aromatic rings. The molecule has 2 atom stereocenters. The van der Waals surface area contributed by atoms with Crippen molar-refractivity contribution in [3.05, 3.63) is 93.3 Å². The summed E-state index contributed by atoms with van der Waals surface area (Å²) < 4.78 is 16.8. The molecule has 45 heavy (non-hydrogen) atoms. The number of rotatable bonds is 12. The molecule has 236 valence electrons. The van der Waals surface area contributed by atoms with Gasteiger partial charge in [-0.2, -0.15) is 4.98 Å². The molecule has 0 spiro atoms. The van der Waals surface area contributed by atoms with Crippen LogP contribution in [0, 0.1) is 17.1 Å². The second-order valence-corrected chi connectivity index (χ2v) is 13.6. The number of amidine groups is 1. The highest BCUT2D eigenvalue weighted by Crippen LogP contribution is 2.35. The van der Waals surface area contributed by atoms with Crippen molar-refractivity contribution < 1.29 is 4.39 Å². The molecular weight excluding hydrogens is 609 g/mol. The fourth-order valence-electron chi connectivity index (χ4n) is 6.22. The number of halogens is 2. The van der Waals surface area contributed by atoms with E-state index in [-0.39, 0.29) is 22.3 Å². The molecule has 8 nitrogen and oxygen atoms in total. The van der Waals surface area contributed by atoms with E-state index >= 15 is 4.39 Å². The van der Waals surface area contributed by atoms with Crippen LogP contribution in [0.4, 0.5) is 4.39 Å². The van der Waals surface area contributed by atoms with E-state index in [0.29, 0.717) is 33.9 Å². The number of benzene rings is 2. The number of aromatic amines is 1. The van der Waals surface area contributed by atoms with Crippen LogP contribution in [0.5, 0.6) is 0 Å². The average molecular weight is 648 g/mol. The molecule has 0 radical (unpaired) electrons. The fraction of sp³-hybridized carbons (Fsp3) is 0.382. The maximum absolute atomic E-state index is 15.2. The van der Waals surface area contributed by atoms with Crippen LogP contribution in [-0.4, -0.2) is 49.5 Å². The Balaban J connectivity index is 1.19. The summed E-state index contributed by atoms with van der Waals surface area (Å²) >= 11 is 7.69. The van der Waals surface area contributed by atoms with E-state index in [1.54, 1.807) is 12.3 Å². The molecule has 6 rings (SSSR count). The molecule has 11 heteroatoms. The molecule has 0 bridgehead atoms. The lowest BCUT2D eigenvalue weighted by Crippen LogP contribution is -2.32. The Kier molecular flexibility index (Phi) is 9.75. The first-order chi connectivity index (χ1) is 21.8. The molecular formula is C34H39ClFN7OS. The largest absolute Gasteiger partial charge is 0.379 e. The minimum Gasteiger partial charge on any atom is -0.379 e. The van der Waals surface area contributed by atoms with Gasteiger partial charge in [-0.15, -0.1) is 0 Å². The molecule has 2 aliphatic rings. The molecule has 3 heterocycles. The first-order valence-corrected chi connectivity index (χ1v) is 17.0. The van der Waals surface area contributed by atoms with Gasteiger partial charge < -0.3 is 16.5 Å². The van der Waals surface area contributed by atoms with Crippen molar-refractivity contribution in [3.8, 4) is 16.9 Å². The molecule has 2 aromatic heterocycles. The summed E-state index contributed by atoms with van der Waals surface area (Å²) in [6, 6.07) is 13.8. The lowest BCUT2D eigenvalue weighted by molar-refractivity contribution is 0.211. The molecule has 1 unspecified atom stereocenters. The van der Waals surface area contributed by atoms with Crippen molar-refractivity contribution >= 4 is 39.6 Å². The van der Waals surface area contributed by atoms with E-state index in [1.807, 2.05) is 24.3 Å². The molecule has 2 aromatic carbocycles. The molecule has 6 N–H and O–H groups in total. The Hall–Kier alpha value is -3.44. The van der Waals surface area contributed by atoms with Gasteiger partial charge in [-0.05, 0) is 98.9 Å². The highest BCUT2D eigenvalue weighted by Gasteiger charge is 2.28. The topological polar surface area (TPSA) is 130 Å². The third-order valence-electron chi connectivity index (χ3n) is 8.83. The van der Waals surface area contributed by atoms with Crippen LogP contribution in [0.25, 0.3) is 28.0 Å². The number of nitrogens with zero attached hydrogens (tertiary/aromatic N) is 3. The van der Waals surface area contributed by atoms with Crippen molar-refractivity contribution in [2.24, 2.45) is 17.4 Å². The summed E-state index contributed by atoms with van der Waals surface area (Å²) in [6.45, 7) is 1.78. The Morgan fingerprint density at radius 2 is 1.98 bits per heavy atom. The van der Waals surface area contributed by atoms with Crippen LogP contribution in [0.15, 0.2) is 65.6 Å². The number of thioether (sulfide) groups is 1. The zero-order valence-electron chi connectivity index (χ0n) is 25.1. The summed E-state index contributed by atoms with van der Waals surface area (Å²) in [4.78, 5) is 22.9. The van der Waals surface area contributed by atoms with Crippen LogP contribution in [0.3, 0.4) is 0 Å². The van der Waals surface area contributed by atoms with E-state index in [2.05, 4.69) is 39.2 Å². The number of hydrogen-bond acceptors (Lipinski definition) is 6. The standard InChI is InChI=1S/C34H39ClFN7OS/c35-27-18-21(5-3-6-28(37)22-8-9-22)17-26(31(27)36)29-19-24-20-43(34(44)41-32(24)40-29)25-12-10-23(11-13-25)30-7-1-2-14-42(30)15-4-16-45-33(38)39/h1-2,10-13,17-20,22,28,30H,3-9,14-16,37H2,(H3,38,39)(H,40,41,44)/t28?,30-/m0/s1. The third kappa shape index (κ3) is 7.52. The van der Waals surface area contributed by atoms with Crippen LogP contribution < -0.4 is 17.2 Å². The fourth-order valence-corrected chi connectivity index (χ4v) is 6.96. The second kappa shape index (κ2) is 13.9. The molecule has 1 fully saturated rings. The van der Waals surface area contributed by atoms with Gasteiger partial charge in [0.2, 0.25) is 0 Å². The normalized spacial score (nSPS) is 17.6. The molecule has 1 aliphatic carbocycles. The molecule has 0 saturated heterocycles. The lowest BCUT2D eigenvalue weighted by Gasteiger charge is -2.33. The Labute approximate surface area is 271 Å². The number of nitrogens with two attached hydrogens (primary N) is 2. The van der Waals surface area contributed by atoms with Crippen molar-refractivity contribution in [2.45, 2.75) is 57.0 Å². The lowest BCUT2D eigenvalue weighted by atomic mass is 9.98. The maximum atomic E-state index is 15.2. The van der Waals surface area contributed by atoms with E-state index in [1.165, 1.54) is 34.7 Å².